The Kier molecular flexibility index (Phi) is 7.77. The maximum absolute atomic E-state index is 13.3. The molecule has 3 N–H and O–H groups in total. The van der Waals surface area contributed by atoms with Gasteiger partial charge in [0.05, 0.1) is 44.6 Å². The zero-order valence-electron chi connectivity index (χ0n) is 23.4. The van der Waals surface area contributed by atoms with E-state index in [9.17, 15) is 16.8 Å². The molecule has 4 heterocycles. The Balaban J connectivity index is 1.34. The van der Waals surface area contributed by atoms with Crippen LogP contribution in [0.2, 0.25) is 0 Å². The van der Waals surface area contributed by atoms with Crippen molar-refractivity contribution in [3.8, 4) is 5.69 Å². The quantitative estimate of drug-likeness (QED) is 0.294. The first-order chi connectivity index (χ1) is 20.4. The van der Waals surface area contributed by atoms with Crippen LogP contribution in [-0.2, 0) is 31.2 Å². The molecular weight excluding hydrogens is 656 g/mol. The third kappa shape index (κ3) is 5.66. The minimum absolute atomic E-state index is 0.00207. The van der Waals surface area contributed by atoms with E-state index in [1.54, 1.807) is 36.5 Å². The number of rotatable bonds is 7. The number of anilines is 2. The SMILES string of the molecule is Cc1cc(C2=Nc3c(ncc(Br)c3Nc3cccc(S(N)(=O)=O)c3)C2)c(C)n1-c1cccc(S(=O)(=O)N2CCOCC2)c1. The number of hydrogen-bond acceptors (Lipinski definition) is 8. The number of aliphatic imine (C=N–C) groups is 1. The first-order valence-electron chi connectivity index (χ1n) is 13.5. The molecule has 0 atom stereocenters. The number of hydrogen-bond donors (Lipinski definition) is 2. The number of halogens is 1. The van der Waals surface area contributed by atoms with Gasteiger partial charge in [-0.05, 0) is 72.2 Å². The summed E-state index contributed by atoms with van der Waals surface area (Å²) in [5, 5.41) is 8.59. The van der Waals surface area contributed by atoms with Gasteiger partial charge in [-0.1, -0.05) is 12.1 Å². The molecule has 11 nitrogen and oxygen atoms in total. The molecule has 0 aliphatic carbocycles. The van der Waals surface area contributed by atoms with E-state index in [0.717, 1.165) is 34.0 Å². The summed E-state index contributed by atoms with van der Waals surface area (Å²) in [7, 11) is -7.52. The van der Waals surface area contributed by atoms with Crippen molar-refractivity contribution in [2.75, 3.05) is 31.6 Å². The topological polar surface area (TPSA) is 149 Å². The van der Waals surface area contributed by atoms with Crippen molar-refractivity contribution in [3.05, 3.63) is 87.9 Å². The van der Waals surface area contributed by atoms with Gasteiger partial charge in [0.2, 0.25) is 20.0 Å². The van der Waals surface area contributed by atoms with Gasteiger partial charge >= 0.3 is 0 Å². The largest absolute Gasteiger partial charge is 0.379 e. The van der Waals surface area contributed by atoms with Gasteiger partial charge in [-0.25, -0.2) is 27.0 Å². The Bertz CT molecular complexity index is 2000. The molecule has 0 saturated carbocycles. The molecule has 2 aromatic heterocycles. The predicted molar refractivity (Wildman–Crippen MR) is 168 cm³/mol. The number of sulfonamides is 2. The van der Waals surface area contributed by atoms with Crippen molar-refractivity contribution in [3.63, 3.8) is 0 Å². The summed E-state index contributed by atoms with van der Waals surface area (Å²) in [6, 6.07) is 15.3. The van der Waals surface area contributed by atoms with Crippen molar-refractivity contribution in [1.82, 2.24) is 13.9 Å². The van der Waals surface area contributed by atoms with Crippen LogP contribution in [0.3, 0.4) is 0 Å². The summed E-state index contributed by atoms with van der Waals surface area (Å²) in [4.78, 5) is 9.79. The van der Waals surface area contributed by atoms with Crippen LogP contribution < -0.4 is 10.5 Å². The average molecular weight is 686 g/mol. The first-order valence-corrected chi connectivity index (χ1v) is 17.2. The molecular formula is C29H29BrN6O5S2. The molecule has 2 aliphatic rings. The molecule has 0 spiro atoms. The van der Waals surface area contributed by atoms with E-state index in [1.165, 1.54) is 16.4 Å². The Morgan fingerprint density at radius 2 is 1.70 bits per heavy atom. The highest BCUT2D eigenvalue weighted by Crippen LogP contribution is 2.41. The maximum atomic E-state index is 13.3. The summed E-state index contributed by atoms with van der Waals surface area (Å²) in [5.74, 6) is 0. The predicted octanol–water partition coefficient (Wildman–Crippen LogP) is 4.34. The van der Waals surface area contributed by atoms with Gasteiger partial charge in [-0.3, -0.25) is 4.98 Å². The van der Waals surface area contributed by atoms with Crippen LogP contribution in [0.4, 0.5) is 17.1 Å². The lowest BCUT2D eigenvalue weighted by atomic mass is 10.1. The van der Waals surface area contributed by atoms with Crippen molar-refractivity contribution >= 4 is 58.8 Å². The molecule has 0 amide bonds. The summed E-state index contributed by atoms with van der Waals surface area (Å²) >= 11 is 3.55. The molecule has 4 aromatic rings. The lowest BCUT2D eigenvalue weighted by Crippen LogP contribution is -2.40. The van der Waals surface area contributed by atoms with E-state index in [4.69, 9.17) is 14.9 Å². The van der Waals surface area contributed by atoms with E-state index in [2.05, 4.69) is 26.2 Å². The fourth-order valence-corrected chi connectivity index (χ4v) is 7.84. The summed E-state index contributed by atoms with van der Waals surface area (Å²) < 4.78 is 59.9. The Morgan fingerprint density at radius 1 is 0.977 bits per heavy atom. The van der Waals surface area contributed by atoms with Gasteiger partial charge in [0.25, 0.3) is 0 Å². The average Bonchev–Trinajstić information content (AvgIpc) is 3.55. The van der Waals surface area contributed by atoms with Crippen molar-refractivity contribution in [1.29, 1.82) is 0 Å². The molecule has 0 unspecified atom stereocenters. The number of nitrogens with zero attached hydrogens (tertiary/aromatic N) is 4. The highest BCUT2D eigenvalue weighted by Gasteiger charge is 2.28. The number of nitrogens with two attached hydrogens (primary N) is 1. The van der Waals surface area contributed by atoms with Crippen LogP contribution in [0.25, 0.3) is 5.69 Å². The lowest BCUT2D eigenvalue weighted by molar-refractivity contribution is 0.0730. The summed E-state index contributed by atoms with van der Waals surface area (Å²) in [6.45, 7) is 5.38. The molecule has 0 radical (unpaired) electrons. The number of ether oxygens (including phenoxy) is 1. The zero-order chi connectivity index (χ0) is 30.5. The maximum Gasteiger partial charge on any atom is 0.243 e. The molecule has 14 heteroatoms. The van der Waals surface area contributed by atoms with E-state index in [-0.39, 0.29) is 9.79 Å². The monoisotopic (exact) mass is 684 g/mol. The normalized spacial score (nSPS) is 15.8. The van der Waals surface area contributed by atoms with Crippen molar-refractivity contribution in [2.24, 2.45) is 10.1 Å². The number of morpholine rings is 1. The number of pyridine rings is 1. The van der Waals surface area contributed by atoms with Crippen LogP contribution in [-0.4, -0.2) is 62.7 Å². The number of aryl methyl sites for hydroxylation is 1. The molecule has 1 fully saturated rings. The molecule has 43 heavy (non-hydrogen) atoms. The standard InChI is InChI=1S/C29H29BrN6O5S2/c1-18-13-24(19(2)36(18)21-6-4-8-23(15-21)43(39,40)35-9-11-41-12-10-35)26-16-27-29(34-26)28(25(30)17-32-27)33-20-5-3-7-22(14-20)42(31,37)38/h3-8,13-15,17H,9-12,16H2,1-2H3,(H,32,33)(H2,31,37,38). The third-order valence-electron chi connectivity index (χ3n) is 7.52. The Hall–Kier alpha value is -3.40. The summed E-state index contributed by atoms with van der Waals surface area (Å²) in [5.41, 5.74) is 6.94. The molecule has 6 rings (SSSR count). The zero-order valence-corrected chi connectivity index (χ0v) is 26.6. The molecule has 0 bridgehead atoms. The van der Waals surface area contributed by atoms with Gasteiger partial charge in [0, 0.05) is 54.0 Å². The molecule has 224 valence electrons. The molecule has 1 saturated heterocycles. The second-order valence-electron chi connectivity index (χ2n) is 10.3. The smallest absolute Gasteiger partial charge is 0.243 e. The van der Waals surface area contributed by atoms with Gasteiger partial charge in [0.1, 0.15) is 5.69 Å². The minimum Gasteiger partial charge on any atom is -0.379 e. The highest BCUT2D eigenvalue weighted by molar-refractivity contribution is 9.10. The van der Waals surface area contributed by atoms with Crippen molar-refractivity contribution < 1.29 is 21.6 Å². The minimum atomic E-state index is -3.87. The number of benzene rings is 2. The molecule has 2 aliphatic heterocycles. The van der Waals surface area contributed by atoms with Crippen LogP contribution in [0, 0.1) is 13.8 Å². The fraction of sp³-hybridized carbons (Fsp3) is 0.241. The fourth-order valence-electron chi connectivity index (χ4n) is 5.44. The number of aromatic nitrogens is 2. The Morgan fingerprint density at radius 3 is 2.44 bits per heavy atom. The first kappa shape index (κ1) is 29.7. The molecule has 2 aromatic carbocycles. The van der Waals surface area contributed by atoms with Gasteiger partial charge in [-0.2, -0.15) is 4.31 Å². The van der Waals surface area contributed by atoms with E-state index in [0.29, 0.717) is 54.3 Å². The van der Waals surface area contributed by atoms with Gasteiger partial charge in [0.15, 0.2) is 0 Å². The second-order valence-corrected chi connectivity index (χ2v) is 14.7. The van der Waals surface area contributed by atoms with E-state index >= 15 is 0 Å². The van der Waals surface area contributed by atoms with Gasteiger partial charge in [-0.15, -0.1) is 0 Å². The highest BCUT2D eigenvalue weighted by atomic mass is 79.9. The van der Waals surface area contributed by atoms with Crippen LogP contribution in [0.5, 0.6) is 0 Å². The second kappa shape index (κ2) is 11.3. The third-order valence-corrected chi connectivity index (χ3v) is 10.9. The number of nitrogens with one attached hydrogen (secondary N) is 1. The number of fused-ring (bicyclic) bond motifs is 1. The van der Waals surface area contributed by atoms with Crippen molar-refractivity contribution in [2.45, 2.75) is 30.1 Å². The van der Waals surface area contributed by atoms with E-state index in [1.807, 2.05) is 30.5 Å². The van der Waals surface area contributed by atoms with E-state index < -0.39 is 20.0 Å². The van der Waals surface area contributed by atoms with Crippen LogP contribution in [0.15, 0.2) is 80.1 Å². The summed E-state index contributed by atoms with van der Waals surface area (Å²) in [6.07, 6.45) is 2.18. The van der Waals surface area contributed by atoms with Crippen LogP contribution >= 0.6 is 15.9 Å². The van der Waals surface area contributed by atoms with Gasteiger partial charge < -0.3 is 14.6 Å². The lowest BCUT2D eigenvalue weighted by Gasteiger charge is -2.26. The Labute approximate surface area is 258 Å². The van der Waals surface area contributed by atoms with Crippen LogP contribution in [0.1, 0.15) is 22.6 Å². The number of primary sulfonamides is 1.